The fourth-order valence-electron chi connectivity index (χ4n) is 6.98. The summed E-state index contributed by atoms with van der Waals surface area (Å²) in [5.41, 5.74) is 7.61. The zero-order valence-electron chi connectivity index (χ0n) is 31.9. The Labute approximate surface area is 295 Å². The molecule has 3 N–H and O–H groups in total. The summed E-state index contributed by atoms with van der Waals surface area (Å²) in [6, 6.07) is 6.26. The first-order valence-electron chi connectivity index (χ1n) is 17.7. The predicted octanol–water partition coefficient (Wildman–Crippen LogP) is 2.89. The topological polar surface area (TPSA) is 138 Å². The number of hydrogen-bond acceptors (Lipinski definition) is 8. The first-order valence-corrected chi connectivity index (χ1v) is 17.7. The number of nitrogen functional groups attached to an aromatic ring is 1. The third kappa shape index (κ3) is 11.7. The molecule has 0 radical (unpaired) electrons. The standard InChI is InChI=1S/C37H64N6O6/c1-12-25(4)34(42(9)37(47)33(24(2)3)39-31(44)23-40(6)7)30(48-10)22-32(45)43-20-13-14-29(43)35(49-11)26(5)36(46)41(8)21-19-27-15-17-28(38)18-16-27/h15-18,24-26,29-30,33-35H,12-14,19-23,38H2,1-11H3,(H,39,44)/t25-,26+,29?,30+,33?,34-,35+/m0/s1. The van der Waals surface area contributed by atoms with Crippen molar-refractivity contribution in [3.63, 3.8) is 0 Å². The van der Waals surface area contributed by atoms with E-state index in [4.69, 9.17) is 15.2 Å². The van der Waals surface area contributed by atoms with Crippen molar-refractivity contribution < 1.29 is 28.7 Å². The second kappa shape index (κ2) is 19.8. The lowest BCUT2D eigenvalue weighted by atomic mass is 9.89. The number of carbonyl (C=O) groups is 4. The molecule has 0 bridgehead atoms. The second-order valence-corrected chi connectivity index (χ2v) is 14.4. The molecule has 2 unspecified atom stereocenters. The van der Waals surface area contributed by atoms with Crippen LogP contribution in [0.3, 0.4) is 0 Å². The Hall–Kier alpha value is -3.22. The number of likely N-dealkylation sites (N-methyl/N-ethyl adjacent to an activating group) is 3. The van der Waals surface area contributed by atoms with Gasteiger partial charge in [0.1, 0.15) is 6.04 Å². The zero-order chi connectivity index (χ0) is 37.0. The van der Waals surface area contributed by atoms with Gasteiger partial charge in [-0.1, -0.05) is 53.2 Å². The zero-order valence-corrected chi connectivity index (χ0v) is 31.9. The summed E-state index contributed by atoms with van der Waals surface area (Å²) in [5.74, 6) is -1.16. The molecule has 0 spiro atoms. The largest absolute Gasteiger partial charge is 0.399 e. The van der Waals surface area contributed by atoms with Crippen molar-refractivity contribution in [2.75, 3.05) is 67.8 Å². The van der Waals surface area contributed by atoms with Crippen LogP contribution in [-0.2, 0) is 35.1 Å². The molecule has 1 aromatic rings. The Kier molecular flexibility index (Phi) is 17.0. The Morgan fingerprint density at radius 1 is 0.980 bits per heavy atom. The van der Waals surface area contributed by atoms with Crippen LogP contribution in [0.25, 0.3) is 0 Å². The molecule has 1 aliphatic rings. The number of nitrogens with two attached hydrogens (primary N) is 1. The summed E-state index contributed by atoms with van der Waals surface area (Å²) < 4.78 is 11.9. The average molecular weight is 689 g/mol. The van der Waals surface area contributed by atoms with Gasteiger partial charge in [-0.25, -0.2) is 0 Å². The third-order valence-electron chi connectivity index (χ3n) is 10.0. The van der Waals surface area contributed by atoms with Crippen LogP contribution in [0.15, 0.2) is 24.3 Å². The quantitative estimate of drug-likeness (QED) is 0.212. The van der Waals surface area contributed by atoms with Gasteiger partial charge in [0.05, 0.1) is 43.2 Å². The van der Waals surface area contributed by atoms with Gasteiger partial charge in [0.25, 0.3) is 0 Å². The number of anilines is 1. The minimum atomic E-state index is -0.716. The summed E-state index contributed by atoms with van der Waals surface area (Å²) in [4.78, 5) is 61.2. The minimum absolute atomic E-state index is 0.0134. The first kappa shape index (κ1) is 41.9. The molecule has 0 aromatic heterocycles. The minimum Gasteiger partial charge on any atom is -0.399 e. The third-order valence-corrected chi connectivity index (χ3v) is 10.0. The van der Waals surface area contributed by atoms with Gasteiger partial charge in [0, 0.05) is 47.1 Å². The maximum absolute atomic E-state index is 14.1. The Morgan fingerprint density at radius 3 is 2.14 bits per heavy atom. The molecule has 12 heteroatoms. The number of ether oxygens (including phenoxy) is 2. The smallest absolute Gasteiger partial charge is 0.245 e. The highest BCUT2D eigenvalue weighted by Gasteiger charge is 2.43. The van der Waals surface area contributed by atoms with Crippen molar-refractivity contribution in [3.05, 3.63) is 29.8 Å². The van der Waals surface area contributed by atoms with E-state index in [0.717, 1.165) is 24.8 Å². The molecule has 1 aromatic carbocycles. The van der Waals surface area contributed by atoms with E-state index in [0.29, 0.717) is 25.2 Å². The number of benzene rings is 1. The van der Waals surface area contributed by atoms with E-state index < -0.39 is 30.2 Å². The van der Waals surface area contributed by atoms with Gasteiger partial charge < -0.3 is 40.1 Å². The lowest BCUT2D eigenvalue weighted by Gasteiger charge is -2.41. The van der Waals surface area contributed by atoms with Crippen LogP contribution in [0.5, 0.6) is 0 Å². The molecular formula is C37H64N6O6. The molecule has 2 rings (SSSR count). The summed E-state index contributed by atoms with van der Waals surface area (Å²) in [5, 5.41) is 2.92. The molecule has 0 saturated carbocycles. The fourth-order valence-corrected chi connectivity index (χ4v) is 6.98. The average Bonchev–Trinajstić information content (AvgIpc) is 3.55. The summed E-state index contributed by atoms with van der Waals surface area (Å²) in [7, 11) is 10.3. The number of rotatable bonds is 19. The maximum Gasteiger partial charge on any atom is 0.245 e. The Morgan fingerprint density at radius 2 is 1.61 bits per heavy atom. The molecule has 4 amide bonds. The van der Waals surface area contributed by atoms with E-state index in [9.17, 15) is 19.2 Å². The molecule has 7 atom stereocenters. The predicted molar refractivity (Wildman–Crippen MR) is 194 cm³/mol. The van der Waals surface area contributed by atoms with Crippen molar-refractivity contribution in [2.24, 2.45) is 17.8 Å². The number of amides is 4. The monoisotopic (exact) mass is 688 g/mol. The van der Waals surface area contributed by atoms with E-state index in [1.165, 1.54) is 0 Å². The first-order chi connectivity index (χ1) is 23.1. The van der Waals surface area contributed by atoms with E-state index in [1.807, 2.05) is 56.9 Å². The van der Waals surface area contributed by atoms with Gasteiger partial charge in [-0.05, 0) is 62.9 Å². The number of methoxy groups -OCH3 is 2. The highest BCUT2D eigenvalue weighted by molar-refractivity contribution is 5.88. The highest BCUT2D eigenvalue weighted by Crippen LogP contribution is 2.30. The van der Waals surface area contributed by atoms with Crippen molar-refractivity contribution >= 4 is 29.3 Å². The molecule has 1 aliphatic heterocycles. The van der Waals surface area contributed by atoms with E-state index in [2.05, 4.69) is 12.2 Å². The van der Waals surface area contributed by atoms with Gasteiger partial charge in [-0.3, -0.25) is 19.2 Å². The molecule has 278 valence electrons. The highest BCUT2D eigenvalue weighted by atomic mass is 16.5. The van der Waals surface area contributed by atoms with Crippen LogP contribution in [-0.4, -0.2) is 136 Å². The molecule has 12 nitrogen and oxygen atoms in total. The van der Waals surface area contributed by atoms with Gasteiger partial charge in [0.2, 0.25) is 23.6 Å². The lowest BCUT2D eigenvalue weighted by molar-refractivity contribution is -0.149. The van der Waals surface area contributed by atoms with Gasteiger partial charge >= 0.3 is 0 Å². The number of hydrogen-bond donors (Lipinski definition) is 2. The van der Waals surface area contributed by atoms with E-state index in [-0.39, 0.29) is 54.5 Å². The molecule has 49 heavy (non-hydrogen) atoms. The van der Waals surface area contributed by atoms with E-state index >= 15 is 0 Å². The lowest BCUT2D eigenvalue weighted by Crippen LogP contribution is -2.58. The van der Waals surface area contributed by atoms with Gasteiger partial charge in [-0.15, -0.1) is 0 Å². The SMILES string of the molecule is CC[C@H](C)[C@@H]([C@@H](CC(=O)N1CCCC1[C@H](OC)[C@@H](C)C(=O)N(C)CCc1ccc(N)cc1)OC)N(C)C(=O)C(NC(=O)CN(C)C)C(C)C. The van der Waals surface area contributed by atoms with Crippen molar-refractivity contribution in [3.8, 4) is 0 Å². The molecule has 1 saturated heterocycles. The maximum atomic E-state index is 14.1. The second-order valence-electron chi connectivity index (χ2n) is 14.4. The van der Waals surface area contributed by atoms with Crippen LogP contribution in [0, 0.1) is 17.8 Å². The summed E-state index contributed by atoms with van der Waals surface area (Å²) in [6.45, 7) is 11.1. The number of nitrogens with zero attached hydrogens (tertiary/aromatic N) is 4. The normalized spacial score (nSPS) is 18.5. The van der Waals surface area contributed by atoms with Gasteiger partial charge in [-0.2, -0.15) is 0 Å². The van der Waals surface area contributed by atoms with Crippen LogP contribution in [0.1, 0.15) is 65.9 Å². The van der Waals surface area contributed by atoms with Crippen LogP contribution < -0.4 is 11.1 Å². The summed E-state index contributed by atoms with van der Waals surface area (Å²) >= 11 is 0. The Bertz CT molecular complexity index is 1210. The van der Waals surface area contributed by atoms with Gasteiger partial charge in [0.15, 0.2) is 0 Å². The molecule has 1 fully saturated rings. The summed E-state index contributed by atoms with van der Waals surface area (Å²) in [6.07, 6.45) is 2.00. The molecular weight excluding hydrogens is 624 g/mol. The van der Waals surface area contributed by atoms with Crippen LogP contribution in [0.4, 0.5) is 5.69 Å². The van der Waals surface area contributed by atoms with Crippen molar-refractivity contribution in [2.45, 2.75) is 97.1 Å². The van der Waals surface area contributed by atoms with Crippen molar-refractivity contribution in [1.29, 1.82) is 0 Å². The van der Waals surface area contributed by atoms with Crippen LogP contribution in [0.2, 0.25) is 0 Å². The van der Waals surface area contributed by atoms with Crippen molar-refractivity contribution in [1.82, 2.24) is 24.9 Å². The fraction of sp³-hybridized carbons (Fsp3) is 0.730. The van der Waals surface area contributed by atoms with E-state index in [1.54, 1.807) is 57.1 Å². The number of carbonyl (C=O) groups excluding carboxylic acids is 4. The molecule has 1 heterocycles. The van der Waals surface area contributed by atoms with Crippen LogP contribution >= 0.6 is 0 Å². The number of nitrogens with one attached hydrogen (secondary N) is 1. The number of likely N-dealkylation sites (tertiary alicyclic amines) is 1. The Balaban J connectivity index is 2.20. The molecule has 0 aliphatic carbocycles.